The van der Waals surface area contributed by atoms with Crippen LogP contribution in [-0.4, -0.2) is 36.4 Å². The number of fused-ring (bicyclic) bond motifs is 1. The summed E-state index contributed by atoms with van der Waals surface area (Å²) in [6.07, 6.45) is 8.91. The van der Waals surface area contributed by atoms with Crippen molar-refractivity contribution < 1.29 is 14.6 Å². The van der Waals surface area contributed by atoms with Gasteiger partial charge >= 0.3 is 0 Å². The molecular weight excluding hydrogens is 254 g/mol. The van der Waals surface area contributed by atoms with Gasteiger partial charge in [0.25, 0.3) is 0 Å². The van der Waals surface area contributed by atoms with E-state index in [0.29, 0.717) is 13.2 Å². The maximum atomic E-state index is 12.4. The average Bonchev–Trinajstić information content (AvgIpc) is 2.49. The monoisotopic (exact) mass is 281 g/mol. The Morgan fingerprint density at radius 3 is 2.65 bits per heavy atom. The lowest BCUT2D eigenvalue weighted by molar-refractivity contribution is -0.130. The van der Waals surface area contributed by atoms with Gasteiger partial charge in [0.2, 0.25) is 5.91 Å². The van der Waals surface area contributed by atoms with Crippen LogP contribution in [0.4, 0.5) is 0 Å². The fourth-order valence-corrected chi connectivity index (χ4v) is 4.30. The summed E-state index contributed by atoms with van der Waals surface area (Å²) in [6, 6.07) is -0.111. The van der Waals surface area contributed by atoms with Crippen molar-refractivity contribution in [3.8, 4) is 0 Å². The highest BCUT2D eigenvalue weighted by molar-refractivity contribution is 5.79. The quantitative estimate of drug-likeness (QED) is 0.812. The zero-order valence-electron chi connectivity index (χ0n) is 12.2. The molecule has 3 rings (SSSR count). The highest BCUT2D eigenvalue weighted by atomic mass is 16.5. The summed E-state index contributed by atoms with van der Waals surface area (Å²) in [5.74, 6) is 1.98. The molecule has 0 radical (unpaired) electrons. The van der Waals surface area contributed by atoms with Gasteiger partial charge in [-0.25, -0.2) is 0 Å². The lowest BCUT2D eigenvalue weighted by atomic mass is 9.67. The highest BCUT2D eigenvalue weighted by Gasteiger charge is 2.36. The van der Waals surface area contributed by atoms with Crippen molar-refractivity contribution in [2.24, 2.45) is 17.8 Å². The van der Waals surface area contributed by atoms with Crippen LogP contribution >= 0.6 is 0 Å². The second-order valence-corrected chi connectivity index (χ2v) is 6.86. The Kier molecular flexibility index (Phi) is 4.61. The van der Waals surface area contributed by atoms with Crippen molar-refractivity contribution in [3.05, 3.63) is 0 Å². The average molecular weight is 281 g/mol. The maximum Gasteiger partial charge on any atom is 0.223 e. The molecule has 1 aliphatic heterocycles. The predicted octanol–water partition coefficient (Wildman–Crippen LogP) is 1.86. The minimum absolute atomic E-state index is 0.111. The maximum absolute atomic E-state index is 12.4. The van der Waals surface area contributed by atoms with Crippen molar-refractivity contribution in [3.63, 3.8) is 0 Å². The first kappa shape index (κ1) is 14.3. The second kappa shape index (κ2) is 6.44. The zero-order valence-corrected chi connectivity index (χ0v) is 12.2. The number of nitrogens with one attached hydrogen (secondary N) is 1. The van der Waals surface area contributed by atoms with Crippen molar-refractivity contribution in [1.82, 2.24) is 5.32 Å². The van der Waals surface area contributed by atoms with Gasteiger partial charge < -0.3 is 15.2 Å². The molecule has 1 heterocycles. The van der Waals surface area contributed by atoms with Crippen LogP contribution in [0.3, 0.4) is 0 Å². The third-order valence-corrected chi connectivity index (χ3v) is 5.56. The summed E-state index contributed by atoms with van der Waals surface area (Å²) < 4.78 is 5.21. The van der Waals surface area contributed by atoms with Crippen molar-refractivity contribution in [2.45, 2.75) is 63.5 Å². The molecule has 1 saturated heterocycles. The molecule has 3 aliphatic rings. The van der Waals surface area contributed by atoms with Crippen LogP contribution in [0.5, 0.6) is 0 Å². The molecule has 0 bridgehead atoms. The van der Waals surface area contributed by atoms with Gasteiger partial charge in [0.1, 0.15) is 0 Å². The summed E-state index contributed by atoms with van der Waals surface area (Å²) in [5, 5.41) is 12.9. The minimum atomic E-state index is -0.543. The third kappa shape index (κ3) is 3.17. The first-order chi connectivity index (χ1) is 9.74. The molecule has 5 unspecified atom stereocenters. The summed E-state index contributed by atoms with van der Waals surface area (Å²) in [5.41, 5.74) is 0. The molecule has 114 valence electrons. The fourth-order valence-electron chi connectivity index (χ4n) is 4.30. The molecule has 4 heteroatoms. The number of amides is 1. The first-order valence-electron chi connectivity index (χ1n) is 8.30. The molecule has 0 aromatic heterocycles. The van der Waals surface area contributed by atoms with Crippen LogP contribution in [0.1, 0.15) is 51.4 Å². The number of hydrogen-bond donors (Lipinski definition) is 2. The first-order valence-corrected chi connectivity index (χ1v) is 8.30. The van der Waals surface area contributed by atoms with Crippen LogP contribution in [-0.2, 0) is 9.53 Å². The molecule has 20 heavy (non-hydrogen) atoms. The second-order valence-electron chi connectivity index (χ2n) is 6.86. The van der Waals surface area contributed by atoms with E-state index in [1.54, 1.807) is 0 Å². The topological polar surface area (TPSA) is 58.6 Å². The van der Waals surface area contributed by atoms with Gasteiger partial charge in [-0.1, -0.05) is 25.7 Å². The minimum Gasteiger partial charge on any atom is -0.389 e. The van der Waals surface area contributed by atoms with E-state index in [2.05, 4.69) is 5.32 Å². The van der Waals surface area contributed by atoms with Gasteiger partial charge in [-0.2, -0.15) is 0 Å². The van der Waals surface area contributed by atoms with E-state index in [9.17, 15) is 9.90 Å². The van der Waals surface area contributed by atoms with Gasteiger partial charge in [0.15, 0.2) is 0 Å². The number of rotatable bonds is 2. The number of aliphatic hydroxyl groups excluding tert-OH is 1. The van der Waals surface area contributed by atoms with Gasteiger partial charge in [-0.15, -0.1) is 0 Å². The van der Waals surface area contributed by atoms with E-state index in [1.165, 1.54) is 32.1 Å². The van der Waals surface area contributed by atoms with Crippen LogP contribution in [0.15, 0.2) is 0 Å². The Labute approximate surface area is 121 Å². The number of carbonyl (C=O) groups is 1. The SMILES string of the molecule is O=C(NC1CCOCC1O)C1CCC2CCCCC2C1. The molecule has 0 aromatic carbocycles. The molecule has 0 aromatic rings. The van der Waals surface area contributed by atoms with Crippen LogP contribution in [0.25, 0.3) is 0 Å². The standard InChI is InChI=1S/C16H27NO3/c18-15-10-20-8-7-14(15)17-16(19)13-6-5-11-3-1-2-4-12(11)9-13/h11-15,18H,1-10H2,(H,17,19). The van der Waals surface area contributed by atoms with E-state index >= 15 is 0 Å². The van der Waals surface area contributed by atoms with Crippen LogP contribution in [0.2, 0.25) is 0 Å². The van der Waals surface area contributed by atoms with Crippen LogP contribution in [0, 0.1) is 17.8 Å². The van der Waals surface area contributed by atoms with Gasteiger partial charge in [0.05, 0.1) is 18.8 Å². The van der Waals surface area contributed by atoms with Gasteiger partial charge in [-0.05, 0) is 37.5 Å². The Hall–Kier alpha value is -0.610. The number of carbonyl (C=O) groups excluding carboxylic acids is 1. The van der Waals surface area contributed by atoms with E-state index in [1.807, 2.05) is 0 Å². The predicted molar refractivity (Wildman–Crippen MR) is 76.2 cm³/mol. The Bertz CT molecular complexity index is 347. The lowest BCUT2D eigenvalue weighted by Gasteiger charge is -2.39. The summed E-state index contributed by atoms with van der Waals surface area (Å²) in [6.45, 7) is 0.984. The summed E-state index contributed by atoms with van der Waals surface area (Å²) in [7, 11) is 0. The fraction of sp³-hybridized carbons (Fsp3) is 0.938. The summed E-state index contributed by atoms with van der Waals surface area (Å²) >= 11 is 0. The van der Waals surface area contributed by atoms with Crippen molar-refractivity contribution in [2.75, 3.05) is 13.2 Å². The smallest absolute Gasteiger partial charge is 0.223 e. The molecule has 3 fully saturated rings. The molecule has 2 saturated carbocycles. The Morgan fingerprint density at radius 1 is 1.05 bits per heavy atom. The summed E-state index contributed by atoms with van der Waals surface area (Å²) in [4.78, 5) is 12.4. The van der Waals surface area contributed by atoms with Gasteiger partial charge in [0, 0.05) is 12.5 Å². The van der Waals surface area contributed by atoms with Crippen LogP contribution < -0.4 is 5.32 Å². The van der Waals surface area contributed by atoms with E-state index < -0.39 is 6.10 Å². The largest absolute Gasteiger partial charge is 0.389 e. The molecule has 2 N–H and O–H groups in total. The van der Waals surface area contributed by atoms with Gasteiger partial charge in [-0.3, -0.25) is 4.79 Å². The highest BCUT2D eigenvalue weighted by Crippen LogP contribution is 2.42. The third-order valence-electron chi connectivity index (χ3n) is 5.56. The zero-order chi connectivity index (χ0) is 13.9. The molecule has 5 atom stereocenters. The molecule has 4 nitrogen and oxygen atoms in total. The van der Waals surface area contributed by atoms with E-state index in [0.717, 1.165) is 31.1 Å². The Morgan fingerprint density at radius 2 is 1.85 bits per heavy atom. The number of hydrogen-bond acceptors (Lipinski definition) is 3. The molecule has 1 amide bonds. The number of aliphatic hydroxyl groups is 1. The van der Waals surface area contributed by atoms with E-state index in [4.69, 9.17) is 4.74 Å². The van der Waals surface area contributed by atoms with Crippen molar-refractivity contribution >= 4 is 5.91 Å². The normalized spacial score (nSPS) is 41.8. The van der Waals surface area contributed by atoms with Crippen molar-refractivity contribution in [1.29, 1.82) is 0 Å². The molecule has 0 spiro atoms. The molecule has 2 aliphatic carbocycles. The number of ether oxygens (including phenoxy) is 1. The molecular formula is C16H27NO3. The van der Waals surface area contributed by atoms with E-state index in [-0.39, 0.29) is 17.9 Å². The Balaban J connectivity index is 1.52. The lowest BCUT2D eigenvalue weighted by Crippen LogP contribution is -2.51.